The average molecular weight is 320 g/mol. The van der Waals surface area contributed by atoms with Gasteiger partial charge in [-0.1, -0.05) is 54.3 Å². The van der Waals surface area contributed by atoms with Crippen molar-refractivity contribution in [3.63, 3.8) is 0 Å². The second kappa shape index (κ2) is 6.79. The van der Waals surface area contributed by atoms with E-state index in [4.69, 9.17) is 12.2 Å². The fourth-order valence-corrected chi connectivity index (χ4v) is 3.95. The minimum atomic E-state index is -0.236. The number of nitrogens with one attached hydrogen (secondary N) is 1. The lowest BCUT2D eigenvalue weighted by atomic mass is 10.1. The Morgan fingerprint density at radius 2 is 1.90 bits per heavy atom. The maximum Gasteiger partial charge on any atom is 0.238 e. The van der Waals surface area contributed by atoms with E-state index in [9.17, 15) is 4.79 Å². The minimum absolute atomic E-state index is 0.0928. The summed E-state index contributed by atoms with van der Waals surface area (Å²) in [6.45, 7) is 2.05. The van der Waals surface area contributed by atoms with E-state index in [1.165, 1.54) is 24.6 Å². The number of thioether (sulfide) groups is 1. The monoisotopic (exact) mass is 320 g/mol. The Morgan fingerprint density at radius 1 is 1.24 bits per heavy atom. The molecule has 1 saturated carbocycles. The lowest BCUT2D eigenvalue weighted by Crippen LogP contribution is -2.32. The molecule has 0 unspecified atom stereocenters. The highest BCUT2D eigenvalue weighted by Gasteiger charge is 2.30. The number of nitrogens with zero attached hydrogens (tertiary/aromatic N) is 1. The molecule has 1 aliphatic carbocycles. The van der Waals surface area contributed by atoms with Crippen LogP contribution in [0.25, 0.3) is 0 Å². The maximum absolute atomic E-state index is 12.5. The second-order valence-corrected chi connectivity index (χ2v) is 7.39. The number of carbonyl (C=O) groups is 1. The quantitative estimate of drug-likeness (QED) is 0.864. The number of hydrogen-bond donors (Lipinski definition) is 1. The second-order valence-electron chi connectivity index (χ2n) is 5.65. The van der Waals surface area contributed by atoms with Gasteiger partial charge in [-0.05, 0) is 31.2 Å². The van der Waals surface area contributed by atoms with Crippen molar-refractivity contribution in [1.82, 2.24) is 10.2 Å². The van der Waals surface area contributed by atoms with Crippen LogP contribution < -0.4 is 5.32 Å². The third-order valence-corrected chi connectivity index (χ3v) is 5.58. The number of carbonyl (C=O) groups excluding carboxylic acids is 1. The molecule has 2 aliphatic rings. The van der Waals surface area contributed by atoms with Gasteiger partial charge in [0, 0.05) is 19.1 Å². The SMILES string of the molecule is O=C(NC1CC1)[C@H](SC(=S)N1CCCC1)c1ccccc1. The first-order valence-corrected chi connectivity index (χ1v) is 8.84. The molecule has 112 valence electrons. The van der Waals surface area contributed by atoms with E-state index in [0.717, 1.165) is 35.8 Å². The van der Waals surface area contributed by atoms with Crippen molar-refractivity contribution in [1.29, 1.82) is 0 Å². The van der Waals surface area contributed by atoms with Crippen LogP contribution in [0.5, 0.6) is 0 Å². The fraction of sp³-hybridized carbons (Fsp3) is 0.500. The lowest BCUT2D eigenvalue weighted by Gasteiger charge is -2.22. The Hall–Kier alpha value is -1.07. The summed E-state index contributed by atoms with van der Waals surface area (Å²) >= 11 is 7.07. The van der Waals surface area contributed by atoms with Gasteiger partial charge in [0.05, 0.1) is 0 Å². The molecule has 1 aromatic carbocycles. The van der Waals surface area contributed by atoms with Gasteiger partial charge in [-0.2, -0.15) is 0 Å². The molecule has 2 fully saturated rings. The van der Waals surface area contributed by atoms with Crippen LogP contribution in [0.2, 0.25) is 0 Å². The molecule has 1 saturated heterocycles. The third kappa shape index (κ3) is 3.98. The molecule has 1 aliphatic heterocycles. The zero-order valence-electron chi connectivity index (χ0n) is 12.0. The minimum Gasteiger partial charge on any atom is -0.357 e. The van der Waals surface area contributed by atoms with Crippen LogP contribution >= 0.6 is 24.0 Å². The molecule has 3 rings (SSSR count). The number of hydrogen-bond acceptors (Lipinski definition) is 3. The Morgan fingerprint density at radius 3 is 2.52 bits per heavy atom. The topological polar surface area (TPSA) is 32.3 Å². The first kappa shape index (κ1) is 14.9. The van der Waals surface area contributed by atoms with Gasteiger partial charge in [0.25, 0.3) is 0 Å². The van der Waals surface area contributed by atoms with Gasteiger partial charge in [-0.15, -0.1) is 0 Å². The van der Waals surface area contributed by atoms with Crippen LogP contribution in [0.15, 0.2) is 30.3 Å². The smallest absolute Gasteiger partial charge is 0.238 e. The van der Waals surface area contributed by atoms with Gasteiger partial charge < -0.3 is 10.2 Å². The molecule has 1 heterocycles. The number of thiocarbonyl (C=S) groups is 1. The third-order valence-electron chi connectivity index (χ3n) is 3.85. The van der Waals surface area contributed by atoms with Gasteiger partial charge in [-0.25, -0.2) is 0 Å². The van der Waals surface area contributed by atoms with Crippen molar-refractivity contribution >= 4 is 34.2 Å². The molecule has 0 radical (unpaired) electrons. The summed E-state index contributed by atoms with van der Waals surface area (Å²) in [7, 11) is 0. The highest BCUT2D eigenvalue weighted by molar-refractivity contribution is 8.23. The molecule has 1 N–H and O–H groups in total. The fourth-order valence-electron chi connectivity index (χ4n) is 2.48. The van der Waals surface area contributed by atoms with Crippen LogP contribution in [0.3, 0.4) is 0 Å². The lowest BCUT2D eigenvalue weighted by molar-refractivity contribution is -0.120. The summed E-state index contributed by atoms with van der Waals surface area (Å²) in [5, 5.41) is 2.87. The van der Waals surface area contributed by atoms with Crippen molar-refractivity contribution < 1.29 is 4.79 Å². The summed E-state index contributed by atoms with van der Waals surface area (Å²) in [5.41, 5.74) is 1.03. The van der Waals surface area contributed by atoms with Crippen molar-refractivity contribution in [3.8, 4) is 0 Å². The number of amides is 1. The van der Waals surface area contributed by atoms with Gasteiger partial charge in [-0.3, -0.25) is 4.79 Å². The van der Waals surface area contributed by atoms with Crippen molar-refractivity contribution in [2.24, 2.45) is 0 Å². The molecule has 1 amide bonds. The summed E-state index contributed by atoms with van der Waals surface area (Å²) in [4.78, 5) is 14.8. The Kier molecular flexibility index (Phi) is 4.80. The Bertz CT molecular complexity index is 510. The first-order chi connectivity index (χ1) is 10.2. The molecule has 1 atom stereocenters. The number of rotatable bonds is 4. The van der Waals surface area contributed by atoms with E-state index < -0.39 is 0 Å². The van der Waals surface area contributed by atoms with Crippen molar-refractivity contribution in [3.05, 3.63) is 35.9 Å². The summed E-state index contributed by atoms with van der Waals surface area (Å²) < 4.78 is 0.854. The van der Waals surface area contributed by atoms with E-state index in [1.54, 1.807) is 0 Å². The normalized spacial score (nSPS) is 19.3. The summed E-state index contributed by atoms with van der Waals surface area (Å²) in [6, 6.07) is 10.3. The standard InChI is InChI=1S/C16H20N2OS2/c19-15(17-13-8-9-13)14(12-6-2-1-3-7-12)21-16(20)18-10-4-5-11-18/h1-3,6-7,13-14H,4-5,8-11H2,(H,17,19)/t14-/m1/s1. The zero-order chi connectivity index (χ0) is 14.7. The zero-order valence-corrected chi connectivity index (χ0v) is 13.6. The average Bonchev–Trinajstić information content (AvgIpc) is 3.15. The van der Waals surface area contributed by atoms with Gasteiger partial charge in [0.2, 0.25) is 5.91 Å². The van der Waals surface area contributed by atoms with E-state index >= 15 is 0 Å². The van der Waals surface area contributed by atoms with E-state index in [2.05, 4.69) is 10.2 Å². The van der Waals surface area contributed by atoms with Crippen LogP contribution in [-0.2, 0) is 4.79 Å². The molecule has 3 nitrogen and oxygen atoms in total. The predicted molar refractivity (Wildman–Crippen MR) is 91.3 cm³/mol. The Balaban J connectivity index is 1.71. The van der Waals surface area contributed by atoms with Crippen LogP contribution in [0.1, 0.15) is 36.5 Å². The van der Waals surface area contributed by atoms with Crippen LogP contribution in [0.4, 0.5) is 0 Å². The van der Waals surface area contributed by atoms with Gasteiger partial charge in [0.15, 0.2) is 0 Å². The summed E-state index contributed by atoms with van der Waals surface area (Å²) in [6.07, 6.45) is 4.61. The molecular formula is C16H20N2OS2. The molecule has 1 aromatic rings. The highest BCUT2D eigenvalue weighted by atomic mass is 32.2. The van der Waals surface area contributed by atoms with Gasteiger partial charge in [0.1, 0.15) is 9.57 Å². The molecule has 5 heteroatoms. The van der Waals surface area contributed by atoms with Crippen LogP contribution in [-0.4, -0.2) is 34.3 Å². The largest absolute Gasteiger partial charge is 0.357 e. The van der Waals surface area contributed by atoms with Gasteiger partial charge >= 0.3 is 0 Å². The maximum atomic E-state index is 12.5. The van der Waals surface area contributed by atoms with Crippen molar-refractivity contribution in [2.75, 3.05) is 13.1 Å². The number of benzene rings is 1. The van der Waals surface area contributed by atoms with E-state index in [0.29, 0.717) is 6.04 Å². The molecule has 0 bridgehead atoms. The molecule has 21 heavy (non-hydrogen) atoms. The Labute approximate surface area is 135 Å². The molecular weight excluding hydrogens is 300 g/mol. The predicted octanol–water partition coefficient (Wildman–Crippen LogP) is 3.12. The molecule has 0 spiro atoms. The summed E-state index contributed by atoms with van der Waals surface area (Å²) in [5.74, 6) is 0.0928. The van der Waals surface area contributed by atoms with E-state index in [-0.39, 0.29) is 11.2 Å². The highest BCUT2D eigenvalue weighted by Crippen LogP contribution is 2.33. The first-order valence-electron chi connectivity index (χ1n) is 7.55. The van der Waals surface area contributed by atoms with Crippen LogP contribution in [0, 0.1) is 0 Å². The molecule has 0 aromatic heterocycles. The number of likely N-dealkylation sites (tertiary alicyclic amines) is 1. The van der Waals surface area contributed by atoms with Crippen molar-refractivity contribution in [2.45, 2.75) is 37.0 Å². The van der Waals surface area contributed by atoms with E-state index in [1.807, 2.05) is 30.3 Å².